The lowest BCUT2D eigenvalue weighted by molar-refractivity contribution is 0.112. The van der Waals surface area contributed by atoms with Gasteiger partial charge in [-0.2, -0.15) is 0 Å². The van der Waals surface area contributed by atoms with E-state index in [4.69, 9.17) is 11.6 Å². The lowest BCUT2D eigenvalue weighted by Gasteiger charge is -1.93. The second kappa shape index (κ2) is 5.40. The van der Waals surface area contributed by atoms with E-state index in [2.05, 4.69) is 11.8 Å². The molecule has 1 aromatic rings. The van der Waals surface area contributed by atoms with Crippen LogP contribution in [0.3, 0.4) is 0 Å². The average molecular weight is 193 g/mol. The smallest absolute Gasteiger partial charge is 0.151 e. The normalized spacial score (nSPS) is 8.69. The molecule has 0 fully saturated rings. The Labute approximate surface area is 82.7 Å². The highest BCUT2D eigenvalue weighted by molar-refractivity contribution is 6.18. The Balaban J connectivity index is 2.88. The molecule has 0 saturated heterocycles. The molecule has 0 radical (unpaired) electrons. The summed E-state index contributed by atoms with van der Waals surface area (Å²) in [6, 6.07) is 7.25. The molecular formula is C11H9ClO. The van der Waals surface area contributed by atoms with Gasteiger partial charge in [0, 0.05) is 23.4 Å². The number of halogens is 1. The molecule has 0 N–H and O–H groups in total. The van der Waals surface area contributed by atoms with Crippen molar-refractivity contribution in [1.82, 2.24) is 0 Å². The Morgan fingerprint density at radius 3 is 2.85 bits per heavy atom. The Morgan fingerprint density at radius 1 is 1.38 bits per heavy atom. The van der Waals surface area contributed by atoms with Crippen LogP contribution in [0.5, 0.6) is 0 Å². The first-order valence-corrected chi connectivity index (χ1v) is 4.51. The molecule has 0 aliphatic carbocycles. The predicted octanol–water partition coefficient (Wildman–Crippen LogP) is 2.48. The number of alkyl halides is 1. The molecule has 0 unspecified atom stereocenters. The maximum Gasteiger partial charge on any atom is 0.151 e. The van der Waals surface area contributed by atoms with Crippen molar-refractivity contribution in [2.45, 2.75) is 6.42 Å². The average Bonchev–Trinajstić information content (AvgIpc) is 2.19. The minimum absolute atomic E-state index is 0.524. The largest absolute Gasteiger partial charge is 0.298 e. The molecule has 0 aliphatic heterocycles. The summed E-state index contributed by atoms with van der Waals surface area (Å²) in [6.07, 6.45) is 1.46. The fraction of sp³-hybridized carbons (Fsp3) is 0.182. The highest BCUT2D eigenvalue weighted by atomic mass is 35.5. The van der Waals surface area contributed by atoms with E-state index in [1.807, 2.05) is 18.2 Å². The van der Waals surface area contributed by atoms with E-state index in [0.717, 1.165) is 11.8 Å². The molecule has 0 aliphatic rings. The fourth-order valence-corrected chi connectivity index (χ4v) is 1.01. The zero-order valence-corrected chi connectivity index (χ0v) is 7.84. The molecule has 66 valence electrons. The summed E-state index contributed by atoms with van der Waals surface area (Å²) in [5.41, 5.74) is 1.40. The maximum atomic E-state index is 10.6. The van der Waals surface area contributed by atoms with Crippen LogP contribution in [0, 0.1) is 11.8 Å². The van der Waals surface area contributed by atoms with Crippen LogP contribution in [0.4, 0.5) is 0 Å². The van der Waals surface area contributed by atoms with Crippen molar-refractivity contribution in [3.05, 3.63) is 35.4 Å². The monoisotopic (exact) mass is 192 g/mol. The Bertz CT molecular complexity index is 347. The summed E-state index contributed by atoms with van der Waals surface area (Å²) in [5.74, 6) is 6.31. The van der Waals surface area contributed by atoms with Gasteiger partial charge in [-0.1, -0.05) is 30.0 Å². The van der Waals surface area contributed by atoms with Gasteiger partial charge in [-0.05, 0) is 6.07 Å². The highest BCUT2D eigenvalue weighted by Crippen LogP contribution is 2.03. The van der Waals surface area contributed by atoms with Gasteiger partial charge in [0.05, 0.1) is 0 Å². The summed E-state index contributed by atoms with van der Waals surface area (Å²) >= 11 is 5.47. The molecule has 0 bridgehead atoms. The van der Waals surface area contributed by atoms with Gasteiger partial charge in [0.25, 0.3) is 0 Å². The van der Waals surface area contributed by atoms with Gasteiger partial charge in [0.2, 0.25) is 0 Å². The van der Waals surface area contributed by atoms with Gasteiger partial charge in [-0.15, -0.1) is 11.6 Å². The van der Waals surface area contributed by atoms with E-state index in [-0.39, 0.29) is 0 Å². The summed E-state index contributed by atoms with van der Waals surface area (Å²) in [4.78, 5) is 10.6. The van der Waals surface area contributed by atoms with Crippen molar-refractivity contribution in [3.8, 4) is 11.8 Å². The van der Waals surface area contributed by atoms with E-state index < -0.39 is 0 Å². The van der Waals surface area contributed by atoms with Crippen LogP contribution in [-0.4, -0.2) is 12.2 Å². The standard InChI is InChI=1S/C11H9ClO/c12-8-4-3-6-10-5-1-2-7-11(10)9-13/h1-2,5,7,9H,4,8H2. The highest BCUT2D eigenvalue weighted by Gasteiger charge is 1.94. The summed E-state index contributed by atoms with van der Waals surface area (Å²) in [7, 11) is 0. The summed E-state index contributed by atoms with van der Waals surface area (Å²) in [6.45, 7) is 0. The lowest BCUT2D eigenvalue weighted by Crippen LogP contribution is -1.85. The van der Waals surface area contributed by atoms with Gasteiger partial charge in [-0.3, -0.25) is 4.79 Å². The van der Waals surface area contributed by atoms with Crippen LogP contribution in [0.2, 0.25) is 0 Å². The van der Waals surface area contributed by atoms with Crippen LogP contribution >= 0.6 is 11.6 Å². The lowest BCUT2D eigenvalue weighted by atomic mass is 10.1. The van der Waals surface area contributed by atoms with Crippen LogP contribution in [0.1, 0.15) is 22.3 Å². The molecule has 1 rings (SSSR count). The second-order valence-corrected chi connectivity index (χ2v) is 2.82. The van der Waals surface area contributed by atoms with Crippen molar-refractivity contribution in [1.29, 1.82) is 0 Å². The predicted molar refractivity (Wildman–Crippen MR) is 54.0 cm³/mol. The molecule has 2 heteroatoms. The van der Waals surface area contributed by atoms with E-state index in [9.17, 15) is 4.79 Å². The minimum Gasteiger partial charge on any atom is -0.298 e. The molecule has 0 atom stereocenters. The summed E-state index contributed by atoms with van der Waals surface area (Å²) in [5, 5.41) is 0. The van der Waals surface area contributed by atoms with Gasteiger partial charge in [-0.25, -0.2) is 0 Å². The van der Waals surface area contributed by atoms with Gasteiger partial charge in [0.1, 0.15) is 0 Å². The SMILES string of the molecule is O=Cc1ccccc1C#CCCCl. The van der Waals surface area contributed by atoms with Crippen molar-refractivity contribution in [2.24, 2.45) is 0 Å². The molecule has 0 saturated carbocycles. The third kappa shape index (κ3) is 2.93. The van der Waals surface area contributed by atoms with Crippen molar-refractivity contribution >= 4 is 17.9 Å². The molecule has 0 heterocycles. The van der Waals surface area contributed by atoms with Gasteiger partial charge < -0.3 is 0 Å². The van der Waals surface area contributed by atoms with E-state index in [1.54, 1.807) is 6.07 Å². The molecule has 13 heavy (non-hydrogen) atoms. The zero-order valence-electron chi connectivity index (χ0n) is 7.09. The number of hydrogen-bond donors (Lipinski definition) is 0. The second-order valence-electron chi connectivity index (χ2n) is 2.45. The number of hydrogen-bond acceptors (Lipinski definition) is 1. The van der Waals surface area contributed by atoms with Gasteiger partial charge in [0.15, 0.2) is 6.29 Å². The van der Waals surface area contributed by atoms with Crippen LogP contribution in [0.25, 0.3) is 0 Å². The van der Waals surface area contributed by atoms with Crippen molar-refractivity contribution in [2.75, 3.05) is 5.88 Å². The fourth-order valence-electron chi connectivity index (χ4n) is 0.919. The molecule has 0 spiro atoms. The Kier molecular flexibility index (Phi) is 4.08. The zero-order chi connectivity index (χ0) is 9.52. The number of benzene rings is 1. The third-order valence-electron chi connectivity index (χ3n) is 1.53. The van der Waals surface area contributed by atoms with E-state index >= 15 is 0 Å². The van der Waals surface area contributed by atoms with E-state index in [0.29, 0.717) is 17.9 Å². The molecule has 0 amide bonds. The molecular weight excluding hydrogens is 184 g/mol. The number of rotatable bonds is 2. The number of aldehydes is 1. The van der Waals surface area contributed by atoms with Crippen LogP contribution in [0.15, 0.2) is 24.3 Å². The Hall–Kier alpha value is -1.26. The quantitative estimate of drug-likeness (QED) is 0.400. The first-order chi connectivity index (χ1) is 6.38. The summed E-state index contributed by atoms with van der Waals surface area (Å²) < 4.78 is 0. The van der Waals surface area contributed by atoms with Crippen molar-refractivity contribution < 1.29 is 4.79 Å². The van der Waals surface area contributed by atoms with Crippen LogP contribution < -0.4 is 0 Å². The van der Waals surface area contributed by atoms with Crippen LogP contribution in [-0.2, 0) is 0 Å². The first-order valence-electron chi connectivity index (χ1n) is 3.97. The van der Waals surface area contributed by atoms with Gasteiger partial charge >= 0.3 is 0 Å². The van der Waals surface area contributed by atoms with Crippen molar-refractivity contribution in [3.63, 3.8) is 0 Å². The maximum absolute atomic E-state index is 10.6. The van der Waals surface area contributed by atoms with E-state index in [1.165, 1.54) is 0 Å². The third-order valence-corrected chi connectivity index (χ3v) is 1.72. The molecule has 1 nitrogen and oxygen atoms in total. The Morgan fingerprint density at radius 2 is 2.15 bits per heavy atom. The first kappa shape index (κ1) is 9.83. The molecule has 1 aromatic carbocycles. The molecule has 0 aromatic heterocycles. The number of carbonyl (C=O) groups excluding carboxylic acids is 1. The minimum atomic E-state index is 0.524. The topological polar surface area (TPSA) is 17.1 Å². The number of carbonyl (C=O) groups is 1.